The Labute approximate surface area is 616 Å². The standard InChI is InChI=1S/C100H124N2/c1-95(2,3)73-48-50-88-89(63-73)92(84-44-32-33-45-86(84)93(88)101(81-59-75(97(7,8)9)57-76(60-81)98(10,11)12)79-53-69(65-35-23-19-24-36-65)51-70(54-79)66-37-25-20-26-38-66)91-83-43-31-34-46-87(83)94(90-64-74(96(4,5)6)47-49-85(90)91)102(82-61-77(99(13,14)15)58-78(62-82)100(16,17)18)80-55-71(67-39-27-21-28-40-67)52-72(56-80)68-41-29-22-30-42-68/h31-34,43-68H,19-30,35-42H2,1-18H3. The molecule has 2 nitrogen and oxygen atoms in total. The van der Waals surface area contributed by atoms with Gasteiger partial charge in [-0.15, -0.1) is 0 Å². The highest BCUT2D eigenvalue weighted by molar-refractivity contribution is 6.31. The van der Waals surface area contributed by atoms with E-state index in [4.69, 9.17) is 0 Å². The summed E-state index contributed by atoms with van der Waals surface area (Å²) in [5.74, 6) is 2.22. The van der Waals surface area contributed by atoms with Crippen LogP contribution in [0.5, 0.6) is 0 Å². The van der Waals surface area contributed by atoms with Gasteiger partial charge in [-0.3, -0.25) is 0 Å². The SMILES string of the molecule is CC(C)(C)c1cc(N(c2cc(C3CCCCC3)cc(C3CCCCC3)c2)c2c3ccccc3c(-c3c4ccccc4c(N(c4cc(C5CCCCC5)cc(C5CCCCC5)c4)c4cc(C(C)(C)C)cc(C(C)(C)C)c4)c4cc(C(C)(C)C)ccc34)c3cc(C(C)(C)C)ccc23)cc(C(C)(C)C)c1. The van der Waals surface area contributed by atoms with Crippen molar-refractivity contribution in [3.05, 3.63) is 213 Å². The molecule has 0 amide bonds. The molecule has 14 rings (SSSR count). The van der Waals surface area contributed by atoms with Crippen LogP contribution < -0.4 is 9.80 Å². The Morgan fingerprint density at radius 2 is 0.461 bits per heavy atom. The van der Waals surface area contributed by atoms with Gasteiger partial charge in [0.1, 0.15) is 0 Å². The second-order valence-electron chi connectivity index (χ2n) is 38.8. The first kappa shape index (κ1) is 71.8. The molecular weight excluding hydrogens is 1230 g/mol. The van der Waals surface area contributed by atoms with E-state index in [1.165, 1.54) is 250 Å². The predicted molar refractivity (Wildman–Crippen MR) is 447 cm³/mol. The van der Waals surface area contributed by atoms with E-state index in [-0.39, 0.29) is 32.5 Å². The molecule has 10 aromatic rings. The summed E-state index contributed by atoms with van der Waals surface area (Å²) >= 11 is 0. The molecule has 4 saturated carbocycles. The van der Waals surface area contributed by atoms with Crippen LogP contribution in [0.3, 0.4) is 0 Å². The maximum Gasteiger partial charge on any atom is 0.0618 e. The smallest absolute Gasteiger partial charge is 0.0618 e. The van der Waals surface area contributed by atoms with Gasteiger partial charge in [0.05, 0.1) is 11.4 Å². The van der Waals surface area contributed by atoms with E-state index in [1.807, 2.05) is 0 Å². The highest BCUT2D eigenvalue weighted by Crippen LogP contribution is 2.57. The van der Waals surface area contributed by atoms with Crippen LogP contribution in [0, 0.1) is 0 Å². The van der Waals surface area contributed by atoms with Gasteiger partial charge < -0.3 is 9.80 Å². The zero-order chi connectivity index (χ0) is 72.0. The highest BCUT2D eigenvalue weighted by atomic mass is 15.2. The molecule has 0 aliphatic heterocycles. The van der Waals surface area contributed by atoms with E-state index in [0.717, 1.165) is 0 Å². The minimum absolute atomic E-state index is 0.0919. The lowest BCUT2D eigenvalue weighted by molar-refractivity contribution is 0.435. The molecule has 0 aromatic heterocycles. The molecule has 0 bridgehead atoms. The van der Waals surface area contributed by atoms with Gasteiger partial charge in [-0.2, -0.15) is 0 Å². The first-order chi connectivity index (χ1) is 48.4. The number of hydrogen-bond acceptors (Lipinski definition) is 2. The molecule has 4 aliphatic rings. The van der Waals surface area contributed by atoms with Crippen LogP contribution in [0.2, 0.25) is 0 Å². The monoisotopic (exact) mass is 1350 g/mol. The summed E-state index contributed by atoms with van der Waals surface area (Å²) in [6, 6.07) is 66.4. The van der Waals surface area contributed by atoms with Crippen LogP contribution in [0.25, 0.3) is 54.2 Å². The van der Waals surface area contributed by atoms with Gasteiger partial charge in [0.25, 0.3) is 0 Å². The molecule has 4 fully saturated rings. The van der Waals surface area contributed by atoms with Crippen molar-refractivity contribution >= 4 is 77.2 Å². The average molecular weight is 1350 g/mol. The second-order valence-corrected chi connectivity index (χ2v) is 38.8. The molecular formula is C100H124N2. The second kappa shape index (κ2) is 27.7. The molecule has 534 valence electrons. The predicted octanol–water partition coefficient (Wildman–Crippen LogP) is 30.9. The molecule has 4 aliphatic carbocycles. The van der Waals surface area contributed by atoms with Crippen LogP contribution in [0.1, 0.15) is 332 Å². The zero-order valence-electron chi connectivity index (χ0n) is 66.4. The van der Waals surface area contributed by atoms with Crippen LogP contribution in [0.15, 0.2) is 158 Å². The maximum absolute atomic E-state index is 2.82. The molecule has 102 heavy (non-hydrogen) atoms. The number of rotatable bonds is 11. The number of fused-ring (bicyclic) bond motifs is 4. The van der Waals surface area contributed by atoms with E-state index < -0.39 is 0 Å². The van der Waals surface area contributed by atoms with Crippen molar-refractivity contribution in [2.24, 2.45) is 0 Å². The van der Waals surface area contributed by atoms with Crippen molar-refractivity contribution in [2.75, 3.05) is 9.80 Å². The van der Waals surface area contributed by atoms with Gasteiger partial charge in [-0.1, -0.05) is 299 Å². The summed E-state index contributed by atoms with van der Waals surface area (Å²) in [4.78, 5) is 5.63. The van der Waals surface area contributed by atoms with Crippen molar-refractivity contribution in [2.45, 2.75) is 309 Å². The molecule has 0 heterocycles. The summed E-state index contributed by atoms with van der Waals surface area (Å²) in [6.45, 7) is 43.5. The van der Waals surface area contributed by atoms with E-state index >= 15 is 0 Å². The van der Waals surface area contributed by atoms with E-state index in [2.05, 4.69) is 292 Å². The van der Waals surface area contributed by atoms with E-state index in [1.54, 1.807) is 22.3 Å². The summed E-state index contributed by atoms with van der Waals surface area (Å²) < 4.78 is 0. The molecule has 0 N–H and O–H groups in total. The Bertz CT molecular complexity index is 4590. The Morgan fingerprint density at radius 1 is 0.216 bits per heavy atom. The van der Waals surface area contributed by atoms with E-state index in [9.17, 15) is 0 Å². The molecule has 0 unspecified atom stereocenters. The normalized spacial score (nSPS) is 17.2. The number of hydrogen-bond donors (Lipinski definition) is 0. The Hall–Kier alpha value is -7.16. The summed E-state index contributed by atoms with van der Waals surface area (Å²) in [5.41, 5.74) is 24.1. The quantitative estimate of drug-likeness (QED) is 0.119. The molecule has 0 spiro atoms. The number of anilines is 6. The lowest BCUT2D eigenvalue weighted by Gasteiger charge is -2.36. The minimum Gasteiger partial charge on any atom is -0.309 e. The molecule has 0 atom stereocenters. The van der Waals surface area contributed by atoms with Crippen molar-refractivity contribution < 1.29 is 0 Å². The minimum atomic E-state index is -0.130. The average Bonchev–Trinajstić information content (AvgIpc) is 0.701. The van der Waals surface area contributed by atoms with Crippen LogP contribution in [-0.2, 0) is 32.5 Å². The van der Waals surface area contributed by atoms with Gasteiger partial charge in [0.2, 0.25) is 0 Å². The van der Waals surface area contributed by atoms with Crippen LogP contribution in [-0.4, -0.2) is 0 Å². The van der Waals surface area contributed by atoms with Gasteiger partial charge in [-0.25, -0.2) is 0 Å². The first-order valence-corrected chi connectivity index (χ1v) is 40.6. The Balaban J connectivity index is 1.15. The topological polar surface area (TPSA) is 6.48 Å². The van der Waals surface area contributed by atoms with Crippen molar-refractivity contribution in [3.63, 3.8) is 0 Å². The van der Waals surface area contributed by atoms with Crippen LogP contribution in [0.4, 0.5) is 34.1 Å². The molecule has 0 radical (unpaired) electrons. The van der Waals surface area contributed by atoms with Crippen LogP contribution >= 0.6 is 0 Å². The molecule has 10 aromatic carbocycles. The Kier molecular flexibility index (Phi) is 19.5. The zero-order valence-corrected chi connectivity index (χ0v) is 66.4. The summed E-state index contributed by atoms with van der Waals surface area (Å²) in [6.07, 6.45) is 26.0. The van der Waals surface area contributed by atoms with Gasteiger partial charge in [0, 0.05) is 44.3 Å². The van der Waals surface area contributed by atoms with Crippen molar-refractivity contribution in [1.82, 2.24) is 0 Å². The summed E-state index contributed by atoms with van der Waals surface area (Å²) in [7, 11) is 0. The van der Waals surface area contributed by atoms with E-state index in [0.29, 0.717) is 23.7 Å². The first-order valence-electron chi connectivity index (χ1n) is 40.6. The van der Waals surface area contributed by atoms with Gasteiger partial charge in [0.15, 0.2) is 0 Å². The van der Waals surface area contributed by atoms with Crippen molar-refractivity contribution in [1.29, 1.82) is 0 Å². The maximum atomic E-state index is 2.82. The molecule has 0 saturated heterocycles. The lowest BCUT2D eigenvalue weighted by atomic mass is 9.78. The third kappa shape index (κ3) is 14.4. The van der Waals surface area contributed by atoms with Crippen molar-refractivity contribution in [3.8, 4) is 11.1 Å². The lowest BCUT2D eigenvalue weighted by Crippen LogP contribution is -2.20. The van der Waals surface area contributed by atoms with Gasteiger partial charge >= 0.3 is 0 Å². The fraction of sp³-hybridized carbons (Fsp3) is 0.480. The van der Waals surface area contributed by atoms with Gasteiger partial charge in [-0.05, 0) is 256 Å². The fourth-order valence-electron chi connectivity index (χ4n) is 18.6. The third-order valence-corrected chi connectivity index (χ3v) is 25.0. The highest BCUT2D eigenvalue weighted by Gasteiger charge is 2.35. The number of benzene rings is 10. The fourth-order valence-corrected chi connectivity index (χ4v) is 18.6. The third-order valence-electron chi connectivity index (χ3n) is 25.0. The summed E-state index contributed by atoms with van der Waals surface area (Å²) in [5, 5.41) is 10.3. The molecule has 2 heteroatoms. The Morgan fingerprint density at radius 3 is 0.775 bits per heavy atom. The largest absolute Gasteiger partial charge is 0.309 e. The number of nitrogens with zero attached hydrogens (tertiary/aromatic N) is 2.